The summed E-state index contributed by atoms with van der Waals surface area (Å²) in [6, 6.07) is 0. The van der Waals surface area contributed by atoms with Crippen molar-refractivity contribution in [1.82, 2.24) is 5.32 Å². The maximum absolute atomic E-state index is 11.8. The quantitative estimate of drug-likeness (QED) is 0.502. The summed E-state index contributed by atoms with van der Waals surface area (Å²) in [6.45, 7) is 4.91. The van der Waals surface area contributed by atoms with Crippen LogP contribution < -0.4 is 5.32 Å². The Kier molecular flexibility index (Phi) is 8.41. The number of aliphatic hydroxyl groups excluding tert-OH is 1. The average Bonchev–Trinajstić information content (AvgIpc) is 2.49. The molecule has 0 bridgehead atoms. The first-order chi connectivity index (χ1) is 10.5. The largest absolute Gasteiger partial charge is 0.504 e. The lowest BCUT2D eigenvalue weighted by Gasteiger charge is -2.18. The first-order valence-corrected chi connectivity index (χ1v) is 8.11. The van der Waals surface area contributed by atoms with Crippen molar-refractivity contribution in [2.75, 3.05) is 13.7 Å². The highest BCUT2D eigenvalue weighted by atomic mass is 16.5. The lowest BCUT2D eigenvalue weighted by Crippen LogP contribution is -2.29. The van der Waals surface area contributed by atoms with Gasteiger partial charge in [0.25, 0.3) is 0 Å². The van der Waals surface area contributed by atoms with E-state index in [2.05, 4.69) is 31.3 Å². The molecule has 0 spiro atoms. The van der Waals surface area contributed by atoms with Crippen molar-refractivity contribution in [2.24, 2.45) is 11.8 Å². The Morgan fingerprint density at radius 1 is 1.50 bits per heavy atom. The molecule has 1 rings (SSSR count). The maximum Gasteiger partial charge on any atom is 0.220 e. The van der Waals surface area contributed by atoms with E-state index >= 15 is 0 Å². The Balaban J connectivity index is 2.15. The summed E-state index contributed by atoms with van der Waals surface area (Å²) in [5.41, 5.74) is 0. The molecule has 0 heterocycles. The van der Waals surface area contributed by atoms with Crippen LogP contribution in [0.2, 0.25) is 0 Å². The molecule has 1 atom stereocenters. The zero-order valence-corrected chi connectivity index (χ0v) is 14.0. The van der Waals surface area contributed by atoms with Crippen LogP contribution in [-0.2, 0) is 9.53 Å². The molecule has 4 heteroatoms. The fraction of sp³-hybridized carbons (Fsp3) is 0.611. The molecule has 0 aliphatic heterocycles. The van der Waals surface area contributed by atoms with E-state index in [4.69, 9.17) is 4.74 Å². The summed E-state index contributed by atoms with van der Waals surface area (Å²) in [5.74, 6) is 1.54. The number of carbonyl (C=O) groups excluding carboxylic acids is 1. The van der Waals surface area contributed by atoms with Crippen LogP contribution in [0.5, 0.6) is 0 Å². The fourth-order valence-corrected chi connectivity index (χ4v) is 2.30. The zero-order valence-electron chi connectivity index (χ0n) is 14.0. The number of amides is 1. The molecule has 4 nitrogen and oxygen atoms in total. The number of aliphatic hydroxyl groups is 1. The van der Waals surface area contributed by atoms with Crippen molar-refractivity contribution in [3.8, 4) is 0 Å². The van der Waals surface area contributed by atoms with Gasteiger partial charge in [0.2, 0.25) is 5.91 Å². The van der Waals surface area contributed by atoms with Gasteiger partial charge in [0.05, 0.1) is 7.11 Å². The minimum atomic E-state index is 0.0963. The van der Waals surface area contributed by atoms with Gasteiger partial charge in [-0.15, -0.1) is 0 Å². The molecule has 0 aromatic rings. The molecule has 0 fully saturated rings. The number of hydrogen-bond donors (Lipinski definition) is 2. The van der Waals surface area contributed by atoms with Gasteiger partial charge < -0.3 is 15.2 Å². The van der Waals surface area contributed by atoms with Crippen molar-refractivity contribution in [2.45, 2.75) is 46.0 Å². The second-order valence-corrected chi connectivity index (χ2v) is 6.04. The topological polar surface area (TPSA) is 58.6 Å². The van der Waals surface area contributed by atoms with E-state index in [1.54, 1.807) is 6.08 Å². The predicted octanol–water partition coefficient (Wildman–Crippen LogP) is 3.87. The van der Waals surface area contributed by atoms with E-state index in [1.807, 2.05) is 6.08 Å². The second kappa shape index (κ2) is 10.1. The smallest absolute Gasteiger partial charge is 0.220 e. The van der Waals surface area contributed by atoms with Gasteiger partial charge in [-0.25, -0.2) is 0 Å². The number of unbranched alkanes of at least 4 members (excludes halogenated alkanes) is 2. The van der Waals surface area contributed by atoms with Crippen molar-refractivity contribution < 1.29 is 14.6 Å². The van der Waals surface area contributed by atoms with Crippen LogP contribution in [0.25, 0.3) is 0 Å². The van der Waals surface area contributed by atoms with Gasteiger partial charge >= 0.3 is 0 Å². The van der Waals surface area contributed by atoms with Gasteiger partial charge in [-0.1, -0.05) is 26.0 Å². The summed E-state index contributed by atoms with van der Waals surface area (Å²) in [4.78, 5) is 11.8. The van der Waals surface area contributed by atoms with Gasteiger partial charge in [-0.3, -0.25) is 4.79 Å². The molecule has 0 saturated heterocycles. The summed E-state index contributed by atoms with van der Waals surface area (Å²) < 4.78 is 5.08. The van der Waals surface area contributed by atoms with Crippen LogP contribution in [0.15, 0.2) is 35.8 Å². The Labute approximate surface area is 133 Å². The summed E-state index contributed by atoms with van der Waals surface area (Å²) in [7, 11) is 1.53. The van der Waals surface area contributed by atoms with E-state index < -0.39 is 0 Å². The van der Waals surface area contributed by atoms with Crippen LogP contribution in [-0.4, -0.2) is 24.7 Å². The molecule has 1 aliphatic carbocycles. The lowest BCUT2D eigenvalue weighted by atomic mass is 9.99. The highest BCUT2D eigenvalue weighted by Gasteiger charge is 2.16. The minimum Gasteiger partial charge on any atom is -0.504 e. The molecule has 1 aliphatic rings. The second-order valence-electron chi connectivity index (χ2n) is 6.04. The number of hydrogen-bond acceptors (Lipinski definition) is 3. The van der Waals surface area contributed by atoms with Gasteiger partial charge in [-0.05, 0) is 43.8 Å². The molecular weight excluding hydrogens is 278 g/mol. The van der Waals surface area contributed by atoms with Crippen LogP contribution in [0.4, 0.5) is 0 Å². The third kappa shape index (κ3) is 7.34. The molecule has 1 unspecified atom stereocenters. The lowest BCUT2D eigenvalue weighted by molar-refractivity contribution is -0.121. The number of ether oxygens (including phenoxy) is 1. The first kappa shape index (κ1) is 18.3. The number of allylic oxidation sites excluding steroid dienone is 3. The van der Waals surface area contributed by atoms with Crippen molar-refractivity contribution >= 4 is 5.91 Å². The van der Waals surface area contributed by atoms with Crippen LogP contribution in [0.1, 0.15) is 46.0 Å². The Hall–Kier alpha value is -1.71. The molecule has 124 valence electrons. The van der Waals surface area contributed by atoms with E-state index in [0.717, 1.165) is 25.7 Å². The molecular formula is C18H29NO3. The number of nitrogens with one attached hydrogen (secondary N) is 1. The van der Waals surface area contributed by atoms with E-state index in [-0.39, 0.29) is 17.6 Å². The molecule has 2 N–H and O–H groups in total. The molecule has 0 radical (unpaired) electrons. The third-order valence-electron chi connectivity index (χ3n) is 3.58. The van der Waals surface area contributed by atoms with Gasteiger partial charge in [0.15, 0.2) is 11.5 Å². The van der Waals surface area contributed by atoms with Crippen molar-refractivity contribution in [3.05, 3.63) is 35.8 Å². The van der Waals surface area contributed by atoms with Gasteiger partial charge in [0.1, 0.15) is 0 Å². The van der Waals surface area contributed by atoms with Crippen molar-refractivity contribution in [3.63, 3.8) is 0 Å². The summed E-state index contributed by atoms with van der Waals surface area (Å²) >= 11 is 0. The normalized spacial score (nSPS) is 18.3. The van der Waals surface area contributed by atoms with E-state index in [1.165, 1.54) is 7.11 Å². The Morgan fingerprint density at radius 2 is 2.27 bits per heavy atom. The average molecular weight is 307 g/mol. The zero-order chi connectivity index (χ0) is 16.4. The molecule has 0 aromatic heterocycles. The van der Waals surface area contributed by atoms with Gasteiger partial charge in [0, 0.05) is 18.9 Å². The van der Waals surface area contributed by atoms with Crippen LogP contribution >= 0.6 is 0 Å². The predicted molar refractivity (Wildman–Crippen MR) is 89.4 cm³/mol. The molecule has 1 amide bonds. The molecule has 0 saturated carbocycles. The molecule has 0 aromatic carbocycles. The highest BCUT2D eigenvalue weighted by molar-refractivity contribution is 5.75. The Bertz CT molecular complexity index is 436. The van der Waals surface area contributed by atoms with E-state index in [0.29, 0.717) is 24.6 Å². The Morgan fingerprint density at radius 3 is 2.95 bits per heavy atom. The number of carbonyl (C=O) groups is 1. The maximum atomic E-state index is 11.8. The first-order valence-electron chi connectivity index (χ1n) is 8.11. The standard InChI is InChI=1S/C18H29NO3/c1-14(2)8-6-4-5-7-9-18(21)19-13-15-10-11-16(20)17(12-15)22-3/h6,8,11-12,14-15,20H,4-5,7,9-10,13H2,1-3H3,(H,19,21)/b8-6+. The monoisotopic (exact) mass is 307 g/mol. The fourth-order valence-electron chi connectivity index (χ4n) is 2.30. The highest BCUT2D eigenvalue weighted by Crippen LogP contribution is 2.21. The summed E-state index contributed by atoms with van der Waals surface area (Å²) in [6.07, 6.45) is 12.3. The van der Waals surface area contributed by atoms with Crippen molar-refractivity contribution in [1.29, 1.82) is 0 Å². The summed E-state index contributed by atoms with van der Waals surface area (Å²) in [5, 5.41) is 12.5. The number of rotatable bonds is 9. The minimum absolute atomic E-state index is 0.0963. The van der Waals surface area contributed by atoms with Crippen LogP contribution in [0.3, 0.4) is 0 Å². The number of methoxy groups -OCH3 is 1. The third-order valence-corrected chi connectivity index (χ3v) is 3.58. The van der Waals surface area contributed by atoms with Gasteiger partial charge in [-0.2, -0.15) is 0 Å². The SMILES string of the molecule is COC1=CC(CNC(=O)CCCC/C=C/C(C)C)CC=C1O. The van der Waals surface area contributed by atoms with E-state index in [9.17, 15) is 9.90 Å². The molecule has 22 heavy (non-hydrogen) atoms. The van der Waals surface area contributed by atoms with Crippen LogP contribution in [0, 0.1) is 11.8 Å².